The summed E-state index contributed by atoms with van der Waals surface area (Å²) in [6.07, 6.45) is 0.721. The van der Waals surface area contributed by atoms with Crippen LogP contribution in [-0.2, 0) is 16.8 Å². The van der Waals surface area contributed by atoms with Gasteiger partial charge in [0, 0.05) is 5.56 Å². The lowest BCUT2D eigenvalue weighted by Crippen LogP contribution is -2.43. The van der Waals surface area contributed by atoms with E-state index in [9.17, 15) is 9.59 Å². The number of hydrogen-bond donors (Lipinski definition) is 2. The zero-order valence-electron chi connectivity index (χ0n) is 13.4. The van der Waals surface area contributed by atoms with Gasteiger partial charge in [-0.15, -0.1) is 0 Å². The lowest BCUT2D eigenvalue weighted by Gasteiger charge is -2.30. The average molecular weight is 311 g/mol. The quantitative estimate of drug-likeness (QED) is 0.859. The summed E-state index contributed by atoms with van der Waals surface area (Å²) >= 11 is 0. The summed E-state index contributed by atoms with van der Waals surface area (Å²) in [5.41, 5.74) is 1.81. The zero-order valence-corrected chi connectivity index (χ0v) is 13.4. The van der Waals surface area contributed by atoms with Gasteiger partial charge in [-0.1, -0.05) is 49.4 Å². The molecule has 0 bridgehead atoms. The van der Waals surface area contributed by atoms with E-state index in [4.69, 9.17) is 5.11 Å². The van der Waals surface area contributed by atoms with Crippen LogP contribution < -0.4 is 5.32 Å². The molecule has 1 atom stereocenters. The minimum absolute atomic E-state index is 0.0431. The maximum Gasteiger partial charge on any atom is 0.307 e. The first-order valence-corrected chi connectivity index (χ1v) is 7.63. The predicted molar refractivity (Wildman–Crippen MR) is 89.3 cm³/mol. The largest absolute Gasteiger partial charge is 0.481 e. The van der Waals surface area contributed by atoms with Gasteiger partial charge < -0.3 is 10.4 Å². The van der Waals surface area contributed by atoms with Crippen molar-refractivity contribution in [1.82, 2.24) is 5.32 Å². The van der Waals surface area contributed by atoms with Gasteiger partial charge in [0.2, 0.25) is 0 Å². The fourth-order valence-electron chi connectivity index (χ4n) is 2.44. The number of aliphatic carboxylic acids is 1. The zero-order chi connectivity index (χ0) is 16.9. The normalized spacial score (nSPS) is 13.1. The van der Waals surface area contributed by atoms with Crippen LogP contribution in [0.4, 0.5) is 0 Å². The van der Waals surface area contributed by atoms with Crippen molar-refractivity contribution in [2.24, 2.45) is 0 Å². The highest BCUT2D eigenvalue weighted by molar-refractivity contribution is 5.94. The third-order valence-electron chi connectivity index (χ3n) is 4.08. The van der Waals surface area contributed by atoms with Gasteiger partial charge >= 0.3 is 5.97 Å². The van der Waals surface area contributed by atoms with Crippen LogP contribution in [0.1, 0.15) is 41.8 Å². The number of carboxylic acids is 1. The van der Waals surface area contributed by atoms with Crippen molar-refractivity contribution in [3.63, 3.8) is 0 Å². The molecule has 2 rings (SSSR count). The molecule has 1 unspecified atom stereocenters. The predicted octanol–water partition coefficient (Wildman–Crippen LogP) is 3.37. The van der Waals surface area contributed by atoms with E-state index in [1.54, 1.807) is 24.3 Å². The smallest absolute Gasteiger partial charge is 0.307 e. The molecule has 0 saturated carbocycles. The number of benzene rings is 2. The second-order valence-corrected chi connectivity index (χ2v) is 5.77. The highest BCUT2D eigenvalue weighted by Crippen LogP contribution is 2.24. The Morgan fingerprint density at radius 2 is 1.65 bits per heavy atom. The fourth-order valence-corrected chi connectivity index (χ4v) is 2.44. The molecular weight excluding hydrogens is 290 g/mol. The summed E-state index contributed by atoms with van der Waals surface area (Å²) in [6.45, 7) is 4.03. The van der Waals surface area contributed by atoms with Crippen LogP contribution in [0.3, 0.4) is 0 Å². The van der Waals surface area contributed by atoms with Gasteiger partial charge in [-0.2, -0.15) is 0 Å². The van der Waals surface area contributed by atoms with Crippen molar-refractivity contribution in [3.05, 3.63) is 71.3 Å². The Morgan fingerprint density at radius 3 is 2.17 bits per heavy atom. The lowest BCUT2D eigenvalue weighted by molar-refractivity contribution is -0.136. The van der Waals surface area contributed by atoms with Crippen LogP contribution in [0.2, 0.25) is 0 Å². The van der Waals surface area contributed by atoms with E-state index in [1.807, 2.05) is 44.2 Å². The monoisotopic (exact) mass is 311 g/mol. The van der Waals surface area contributed by atoms with Gasteiger partial charge in [-0.25, -0.2) is 0 Å². The second kappa shape index (κ2) is 7.09. The van der Waals surface area contributed by atoms with Gasteiger partial charge in [0.25, 0.3) is 5.91 Å². The van der Waals surface area contributed by atoms with Crippen molar-refractivity contribution >= 4 is 11.9 Å². The van der Waals surface area contributed by atoms with Gasteiger partial charge in [-0.05, 0) is 36.6 Å². The number of rotatable bonds is 6. The highest BCUT2D eigenvalue weighted by Gasteiger charge is 2.26. The van der Waals surface area contributed by atoms with E-state index in [2.05, 4.69) is 5.32 Å². The third-order valence-corrected chi connectivity index (χ3v) is 4.08. The van der Waals surface area contributed by atoms with Gasteiger partial charge in [0.05, 0.1) is 12.0 Å². The second-order valence-electron chi connectivity index (χ2n) is 5.77. The SMILES string of the molecule is CCC(C)(NC(=O)c1ccc(CC(=O)O)cc1)c1ccccc1. The first-order chi connectivity index (χ1) is 10.9. The molecule has 1 amide bonds. The Balaban J connectivity index is 2.15. The number of carbonyl (C=O) groups excluding carboxylic acids is 1. The first-order valence-electron chi connectivity index (χ1n) is 7.63. The molecule has 2 aromatic carbocycles. The van der Waals surface area contributed by atoms with E-state index in [1.165, 1.54) is 0 Å². The summed E-state index contributed by atoms with van der Waals surface area (Å²) in [7, 11) is 0. The summed E-state index contributed by atoms with van der Waals surface area (Å²) in [4.78, 5) is 23.2. The van der Waals surface area contributed by atoms with Crippen LogP contribution in [-0.4, -0.2) is 17.0 Å². The van der Waals surface area contributed by atoms with E-state index >= 15 is 0 Å². The molecule has 23 heavy (non-hydrogen) atoms. The lowest BCUT2D eigenvalue weighted by atomic mass is 9.89. The van der Waals surface area contributed by atoms with Crippen molar-refractivity contribution < 1.29 is 14.7 Å². The minimum atomic E-state index is -0.884. The van der Waals surface area contributed by atoms with Crippen molar-refractivity contribution in [2.45, 2.75) is 32.2 Å². The Kier molecular flexibility index (Phi) is 5.16. The standard InChI is InChI=1S/C19H21NO3/c1-3-19(2,16-7-5-4-6-8-16)20-18(23)15-11-9-14(10-12-15)13-17(21)22/h4-12H,3,13H2,1-2H3,(H,20,23)(H,21,22). The highest BCUT2D eigenvalue weighted by atomic mass is 16.4. The van der Waals surface area contributed by atoms with Crippen LogP contribution in [0.25, 0.3) is 0 Å². The minimum Gasteiger partial charge on any atom is -0.481 e. The molecule has 0 aliphatic carbocycles. The van der Waals surface area contributed by atoms with Gasteiger partial charge in [-0.3, -0.25) is 9.59 Å². The van der Waals surface area contributed by atoms with Crippen LogP contribution in [0.5, 0.6) is 0 Å². The average Bonchev–Trinajstić information content (AvgIpc) is 2.55. The number of nitrogens with one attached hydrogen (secondary N) is 1. The number of hydrogen-bond acceptors (Lipinski definition) is 2. The maximum absolute atomic E-state index is 12.5. The van der Waals surface area contributed by atoms with Crippen molar-refractivity contribution in [2.75, 3.05) is 0 Å². The molecular formula is C19H21NO3. The molecule has 2 aromatic rings. The summed E-state index contributed by atoms with van der Waals surface area (Å²) in [6, 6.07) is 16.5. The van der Waals surface area contributed by atoms with Crippen LogP contribution in [0, 0.1) is 0 Å². The molecule has 0 heterocycles. The van der Waals surface area contributed by atoms with E-state index in [0.717, 1.165) is 12.0 Å². The molecule has 0 fully saturated rings. The molecule has 0 aromatic heterocycles. The Hall–Kier alpha value is -2.62. The van der Waals surface area contributed by atoms with Gasteiger partial charge in [0.1, 0.15) is 0 Å². The van der Waals surface area contributed by atoms with Crippen LogP contribution >= 0.6 is 0 Å². The van der Waals surface area contributed by atoms with Crippen molar-refractivity contribution in [1.29, 1.82) is 0 Å². The number of amides is 1. The molecule has 4 heteroatoms. The first kappa shape index (κ1) is 16.7. The molecule has 0 spiro atoms. The summed E-state index contributed by atoms with van der Waals surface area (Å²) in [5.74, 6) is -1.05. The fraction of sp³-hybridized carbons (Fsp3) is 0.263. The molecule has 0 saturated heterocycles. The molecule has 2 N–H and O–H groups in total. The van der Waals surface area contributed by atoms with Crippen molar-refractivity contribution in [3.8, 4) is 0 Å². The maximum atomic E-state index is 12.5. The Labute approximate surface area is 136 Å². The number of carboxylic acid groups (broad SMARTS) is 1. The molecule has 120 valence electrons. The van der Waals surface area contributed by atoms with Crippen LogP contribution in [0.15, 0.2) is 54.6 Å². The van der Waals surface area contributed by atoms with Gasteiger partial charge in [0.15, 0.2) is 0 Å². The topological polar surface area (TPSA) is 66.4 Å². The molecule has 4 nitrogen and oxygen atoms in total. The summed E-state index contributed by atoms with van der Waals surface area (Å²) < 4.78 is 0. The third kappa shape index (κ3) is 4.19. The molecule has 0 radical (unpaired) electrons. The van der Waals surface area contributed by atoms with E-state index in [-0.39, 0.29) is 12.3 Å². The molecule has 0 aliphatic rings. The number of carbonyl (C=O) groups is 2. The van der Waals surface area contributed by atoms with E-state index in [0.29, 0.717) is 11.1 Å². The summed E-state index contributed by atoms with van der Waals surface area (Å²) in [5, 5.41) is 11.9. The van der Waals surface area contributed by atoms with E-state index < -0.39 is 11.5 Å². The Bertz CT molecular complexity index is 680. The Morgan fingerprint density at radius 1 is 1.04 bits per heavy atom. The molecule has 0 aliphatic heterocycles.